The van der Waals surface area contributed by atoms with Crippen molar-refractivity contribution in [2.45, 2.75) is 34.1 Å². The summed E-state index contributed by atoms with van der Waals surface area (Å²) in [6.07, 6.45) is 1.01. The topological polar surface area (TPSA) is 59.9 Å². The second-order valence-corrected chi connectivity index (χ2v) is 4.87. The number of anilines is 1. The number of hydrogen-bond acceptors (Lipinski definition) is 5. The van der Waals surface area contributed by atoms with E-state index in [4.69, 9.17) is 4.74 Å². The fraction of sp³-hybridized carbons (Fsp3) is 0.438. The Morgan fingerprint density at radius 2 is 1.90 bits per heavy atom. The average molecular weight is 286 g/mol. The van der Waals surface area contributed by atoms with Gasteiger partial charge >= 0.3 is 6.01 Å². The fourth-order valence-electron chi connectivity index (χ4n) is 1.98. The molecule has 0 amide bonds. The highest BCUT2D eigenvalue weighted by Crippen LogP contribution is 2.24. The largest absolute Gasteiger partial charge is 0.464 e. The maximum absolute atomic E-state index is 5.46. The summed E-state index contributed by atoms with van der Waals surface area (Å²) >= 11 is 0. The van der Waals surface area contributed by atoms with Crippen molar-refractivity contribution in [3.8, 4) is 17.4 Å². The van der Waals surface area contributed by atoms with Crippen molar-refractivity contribution < 1.29 is 4.74 Å². The third-order valence-electron chi connectivity index (χ3n) is 3.27. The van der Waals surface area contributed by atoms with Gasteiger partial charge in [-0.2, -0.15) is 15.0 Å². The number of aryl methyl sites for hydroxylation is 1. The van der Waals surface area contributed by atoms with Gasteiger partial charge in [0.15, 0.2) is 5.82 Å². The molecule has 1 heterocycles. The van der Waals surface area contributed by atoms with E-state index < -0.39 is 0 Å². The van der Waals surface area contributed by atoms with Crippen LogP contribution >= 0.6 is 0 Å². The van der Waals surface area contributed by atoms with E-state index in [9.17, 15) is 0 Å². The van der Waals surface area contributed by atoms with Crippen molar-refractivity contribution >= 4 is 5.95 Å². The van der Waals surface area contributed by atoms with Crippen molar-refractivity contribution in [3.05, 3.63) is 29.3 Å². The van der Waals surface area contributed by atoms with Crippen LogP contribution in [0.25, 0.3) is 11.4 Å². The molecule has 0 saturated heterocycles. The van der Waals surface area contributed by atoms with Crippen molar-refractivity contribution in [2.24, 2.45) is 0 Å². The molecule has 5 heteroatoms. The van der Waals surface area contributed by atoms with Gasteiger partial charge in [-0.25, -0.2) is 0 Å². The Balaban J connectivity index is 2.45. The van der Waals surface area contributed by atoms with Crippen LogP contribution in [0.3, 0.4) is 0 Å². The molecule has 112 valence electrons. The minimum atomic E-state index is 0.363. The predicted octanol–water partition coefficient (Wildman–Crippen LogP) is 3.38. The zero-order chi connectivity index (χ0) is 15.2. The molecule has 2 rings (SSSR count). The summed E-state index contributed by atoms with van der Waals surface area (Å²) in [6, 6.07) is 6.49. The third-order valence-corrected chi connectivity index (χ3v) is 3.27. The number of benzene rings is 1. The average Bonchev–Trinajstić information content (AvgIpc) is 2.48. The molecule has 0 bridgehead atoms. The second kappa shape index (κ2) is 7.02. The lowest BCUT2D eigenvalue weighted by Crippen LogP contribution is -2.09. The van der Waals surface area contributed by atoms with Crippen LogP contribution in [0.2, 0.25) is 0 Å². The van der Waals surface area contributed by atoms with Gasteiger partial charge in [-0.15, -0.1) is 0 Å². The summed E-state index contributed by atoms with van der Waals surface area (Å²) < 4.78 is 5.46. The molecular weight excluding hydrogens is 264 g/mol. The van der Waals surface area contributed by atoms with Gasteiger partial charge in [-0.3, -0.25) is 0 Å². The third kappa shape index (κ3) is 3.68. The molecule has 1 aromatic carbocycles. The molecule has 21 heavy (non-hydrogen) atoms. The first-order valence-corrected chi connectivity index (χ1v) is 7.35. The van der Waals surface area contributed by atoms with E-state index in [1.165, 1.54) is 11.1 Å². The number of nitrogens with one attached hydrogen (secondary N) is 1. The van der Waals surface area contributed by atoms with Crippen LogP contribution in [0.15, 0.2) is 18.2 Å². The van der Waals surface area contributed by atoms with Gasteiger partial charge in [0.25, 0.3) is 0 Å². The normalized spacial score (nSPS) is 10.5. The Kier molecular flexibility index (Phi) is 5.09. The molecule has 0 unspecified atom stereocenters. The Labute approximate surface area is 125 Å². The first-order valence-electron chi connectivity index (χ1n) is 7.35. The molecular formula is C16H22N4O. The lowest BCUT2D eigenvalue weighted by molar-refractivity contribution is 0.312. The molecule has 0 atom stereocenters. The molecule has 0 aliphatic carbocycles. The first-order chi connectivity index (χ1) is 10.2. The van der Waals surface area contributed by atoms with Gasteiger partial charge in [0, 0.05) is 12.1 Å². The summed E-state index contributed by atoms with van der Waals surface area (Å²) in [6.45, 7) is 9.53. The van der Waals surface area contributed by atoms with Crippen LogP contribution in [-0.2, 0) is 0 Å². The van der Waals surface area contributed by atoms with Crippen molar-refractivity contribution in [2.75, 3.05) is 18.5 Å². The minimum absolute atomic E-state index is 0.363. The highest BCUT2D eigenvalue weighted by molar-refractivity contribution is 5.62. The maximum atomic E-state index is 5.46. The number of ether oxygens (including phenoxy) is 1. The molecule has 0 spiro atoms. The zero-order valence-corrected chi connectivity index (χ0v) is 13.1. The van der Waals surface area contributed by atoms with Gasteiger partial charge in [0.2, 0.25) is 5.95 Å². The Bertz CT molecular complexity index is 613. The molecule has 0 saturated carbocycles. The Morgan fingerprint density at radius 1 is 1.10 bits per heavy atom. The summed E-state index contributed by atoms with van der Waals surface area (Å²) in [7, 11) is 0. The van der Waals surface area contributed by atoms with Gasteiger partial charge in [-0.1, -0.05) is 25.1 Å². The Hall–Kier alpha value is -2.17. The SMILES string of the molecule is CCCNc1nc(OCC)nc(-c2cccc(C)c2C)n1. The molecule has 1 N–H and O–H groups in total. The number of rotatable bonds is 6. The van der Waals surface area contributed by atoms with E-state index in [2.05, 4.69) is 47.1 Å². The summed E-state index contributed by atoms with van der Waals surface area (Å²) in [5, 5.41) is 3.20. The number of hydrogen-bond donors (Lipinski definition) is 1. The van der Waals surface area contributed by atoms with E-state index in [1.54, 1.807) is 0 Å². The van der Waals surface area contributed by atoms with Crippen LogP contribution in [0, 0.1) is 13.8 Å². The number of nitrogens with zero attached hydrogens (tertiary/aromatic N) is 3. The van der Waals surface area contributed by atoms with E-state index in [0.717, 1.165) is 18.5 Å². The molecule has 0 aliphatic rings. The van der Waals surface area contributed by atoms with Crippen LogP contribution < -0.4 is 10.1 Å². The van der Waals surface area contributed by atoms with E-state index in [0.29, 0.717) is 24.4 Å². The molecule has 0 aliphatic heterocycles. The van der Waals surface area contributed by atoms with Gasteiger partial charge in [0.05, 0.1) is 6.61 Å². The summed E-state index contributed by atoms with van der Waals surface area (Å²) in [5.41, 5.74) is 3.40. The van der Waals surface area contributed by atoms with Crippen molar-refractivity contribution in [3.63, 3.8) is 0 Å². The van der Waals surface area contributed by atoms with E-state index in [1.807, 2.05) is 19.1 Å². The molecule has 1 aromatic heterocycles. The smallest absolute Gasteiger partial charge is 0.321 e. The lowest BCUT2D eigenvalue weighted by atomic mass is 10.0. The zero-order valence-electron chi connectivity index (χ0n) is 13.1. The standard InChI is InChI=1S/C16H22N4O/c1-5-10-17-15-18-14(19-16(20-15)21-6-2)13-9-7-8-11(3)12(13)4/h7-9H,5-6,10H2,1-4H3,(H,17,18,19,20). The molecule has 0 fully saturated rings. The maximum Gasteiger partial charge on any atom is 0.321 e. The van der Waals surface area contributed by atoms with Crippen LogP contribution in [0.1, 0.15) is 31.4 Å². The highest BCUT2D eigenvalue weighted by Gasteiger charge is 2.11. The summed E-state index contributed by atoms with van der Waals surface area (Å²) in [5.74, 6) is 1.21. The lowest BCUT2D eigenvalue weighted by Gasteiger charge is -2.11. The van der Waals surface area contributed by atoms with Gasteiger partial charge in [0.1, 0.15) is 0 Å². The Morgan fingerprint density at radius 3 is 2.62 bits per heavy atom. The quantitative estimate of drug-likeness (QED) is 0.882. The van der Waals surface area contributed by atoms with Crippen LogP contribution in [0.4, 0.5) is 5.95 Å². The highest BCUT2D eigenvalue weighted by atomic mass is 16.5. The van der Waals surface area contributed by atoms with Gasteiger partial charge in [-0.05, 0) is 38.3 Å². The minimum Gasteiger partial charge on any atom is -0.464 e. The summed E-state index contributed by atoms with van der Waals surface area (Å²) in [4.78, 5) is 13.2. The second-order valence-electron chi connectivity index (χ2n) is 4.87. The van der Waals surface area contributed by atoms with E-state index >= 15 is 0 Å². The van der Waals surface area contributed by atoms with Gasteiger partial charge < -0.3 is 10.1 Å². The van der Waals surface area contributed by atoms with Crippen molar-refractivity contribution in [1.82, 2.24) is 15.0 Å². The van der Waals surface area contributed by atoms with Crippen LogP contribution in [-0.4, -0.2) is 28.1 Å². The molecule has 2 aromatic rings. The van der Waals surface area contributed by atoms with Crippen molar-refractivity contribution in [1.29, 1.82) is 0 Å². The van der Waals surface area contributed by atoms with E-state index in [-0.39, 0.29) is 0 Å². The predicted molar refractivity (Wildman–Crippen MR) is 84.7 cm³/mol. The monoisotopic (exact) mass is 286 g/mol. The fourth-order valence-corrected chi connectivity index (χ4v) is 1.98. The molecule has 0 radical (unpaired) electrons. The number of aromatic nitrogens is 3. The van der Waals surface area contributed by atoms with Crippen LogP contribution in [0.5, 0.6) is 6.01 Å². The first kappa shape index (κ1) is 15.2. The molecule has 5 nitrogen and oxygen atoms in total.